The van der Waals surface area contributed by atoms with Crippen LogP contribution in [-0.2, 0) is 10.7 Å². The molecule has 0 N–H and O–H groups in total. The summed E-state index contributed by atoms with van der Waals surface area (Å²) in [5.41, 5.74) is -0.312. The minimum absolute atomic E-state index is 0.279. The third kappa shape index (κ3) is 3.38. The van der Waals surface area contributed by atoms with Gasteiger partial charge in [0, 0.05) is 0 Å². The lowest BCUT2D eigenvalue weighted by atomic mass is 10.2. The zero-order valence-electron chi connectivity index (χ0n) is 8.48. The first-order chi connectivity index (χ1) is 6.38. The van der Waals surface area contributed by atoms with Crippen molar-refractivity contribution in [2.24, 2.45) is 0 Å². The second-order valence-corrected chi connectivity index (χ2v) is 5.00. The Bertz CT molecular complexity index is 381. The fourth-order valence-electron chi connectivity index (χ4n) is 1.01. The van der Waals surface area contributed by atoms with Crippen molar-refractivity contribution in [1.82, 2.24) is 0 Å². The van der Waals surface area contributed by atoms with Crippen LogP contribution in [0.2, 0.25) is 0 Å². The average molecular weight is 214 g/mol. The molecule has 4 heteroatoms. The predicted octanol–water partition coefficient (Wildman–Crippen LogP) is 1.83. The molecule has 1 aromatic rings. The maximum absolute atomic E-state index is 10.7. The Morgan fingerprint density at radius 2 is 1.86 bits per heavy atom. The molecule has 0 aliphatic rings. The van der Waals surface area contributed by atoms with Crippen LogP contribution in [0.15, 0.2) is 29.2 Å². The van der Waals surface area contributed by atoms with Gasteiger partial charge in [-0.3, -0.25) is 0 Å². The Balaban J connectivity index is 2.95. The Kier molecular flexibility index (Phi) is 3.16. The lowest BCUT2D eigenvalue weighted by molar-refractivity contribution is 0.130. The highest BCUT2D eigenvalue weighted by molar-refractivity contribution is 7.72. The van der Waals surface area contributed by atoms with Crippen molar-refractivity contribution < 1.29 is 13.2 Å². The van der Waals surface area contributed by atoms with Gasteiger partial charge in [0.1, 0.15) is 11.4 Å². The summed E-state index contributed by atoms with van der Waals surface area (Å²) >= 11 is 0. The highest BCUT2D eigenvalue weighted by Gasteiger charge is 2.11. The molecule has 0 saturated carbocycles. The van der Waals surface area contributed by atoms with Crippen LogP contribution in [0.3, 0.4) is 0 Å². The van der Waals surface area contributed by atoms with E-state index in [1.54, 1.807) is 18.2 Å². The van der Waals surface area contributed by atoms with Crippen LogP contribution in [-0.4, -0.2) is 14.0 Å². The van der Waals surface area contributed by atoms with Crippen molar-refractivity contribution in [1.29, 1.82) is 0 Å². The van der Waals surface area contributed by atoms with Crippen LogP contribution >= 0.6 is 0 Å². The van der Waals surface area contributed by atoms with Gasteiger partial charge in [0.05, 0.1) is 4.90 Å². The van der Waals surface area contributed by atoms with E-state index in [0.29, 0.717) is 5.75 Å². The van der Waals surface area contributed by atoms with Crippen molar-refractivity contribution in [3.05, 3.63) is 24.3 Å². The Morgan fingerprint density at radius 3 is 2.36 bits per heavy atom. The number of hydrogen-bond donors (Lipinski definition) is 1. The van der Waals surface area contributed by atoms with E-state index in [1.807, 2.05) is 20.8 Å². The number of thiol groups is 1. The van der Waals surface area contributed by atoms with Gasteiger partial charge in [-0.15, -0.1) is 0 Å². The molecular formula is C10H14O3S. The van der Waals surface area contributed by atoms with E-state index < -0.39 is 10.7 Å². The molecule has 0 fully saturated rings. The van der Waals surface area contributed by atoms with Crippen LogP contribution in [0.1, 0.15) is 20.8 Å². The van der Waals surface area contributed by atoms with Gasteiger partial charge in [-0.1, -0.05) is 6.07 Å². The lowest BCUT2D eigenvalue weighted by Crippen LogP contribution is -2.22. The van der Waals surface area contributed by atoms with E-state index >= 15 is 0 Å². The molecule has 78 valence electrons. The molecule has 0 amide bonds. The zero-order valence-corrected chi connectivity index (χ0v) is 9.38. The van der Waals surface area contributed by atoms with Crippen molar-refractivity contribution in [3.8, 4) is 5.75 Å². The Hall–Kier alpha value is -1.03. The first-order valence-corrected chi connectivity index (χ1v) is 5.50. The normalized spacial score (nSPS) is 11.7. The molecule has 0 aliphatic heterocycles. The summed E-state index contributed by atoms with van der Waals surface area (Å²) < 4.78 is 26.9. The molecule has 1 rings (SSSR count). The lowest BCUT2D eigenvalue weighted by Gasteiger charge is -2.21. The maximum Gasteiger partial charge on any atom is 0.168 e. The van der Waals surface area contributed by atoms with Crippen molar-refractivity contribution in [3.63, 3.8) is 0 Å². The van der Waals surface area contributed by atoms with E-state index in [0.717, 1.165) is 0 Å². The third-order valence-corrected chi connectivity index (χ3v) is 2.15. The molecule has 0 saturated heterocycles. The Labute approximate surface area is 85.7 Å². The van der Waals surface area contributed by atoms with E-state index in [1.165, 1.54) is 6.07 Å². The van der Waals surface area contributed by atoms with Gasteiger partial charge >= 0.3 is 0 Å². The van der Waals surface area contributed by atoms with Crippen molar-refractivity contribution in [2.75, 3.05) is 0 Å². The highest BCUT2D eigenvalue weighted by Crippen LogP contribution is 2.19. The smallest absolute Gasteiger partial charge is 0.168 e. The van der Waals surface area contributed by atoms with E-state index in [9.17, 15) is 8.42 Å². The molecule has 0 aliphatic carbocycles. The zero-order chi connectivity index (χ0) is 10.8. The topological polar surface area (TPSA) is 43.4 Å². The van der Waals surface area contributed by atoms with Gasteiger partial charge in [-0.05, 0) is 39.0 Å². The summed E-state index contributed by atoms with van der Waals surface area (Å²) in [5.74, 6) is 0.578. The van der Waals surface area contributed by atoms with Crippen LogP contribution < -0.4 is 4.74 Å². The number of rotatable bonds is 2. The van der Waals surface area contributed by atoms with Crippen molar-refractivity contribution in [2.45, 2.75) is 31.3 Å². The molecule has 0 bridgehead atoms. The first kappa shape index (κ1) is 11.0. The minimum atomic E-state index is -2.53. The molecule has 0 radical (unpaired) electrons. The molecule has 0 spiro atoms. The average Bonchev–Trinajstić information content (AvgIpc) is 2.01. The summed E-state index contributed by atoms with van der Waals surface area (Å²) in [7, 11) is -2.53. The number of ether oxygens (including phenoxy) is 1. The molecular weight excluding hydrogens is 200 g/mol. The molecule has 1 aromatic carbocycles. The van der Waals surface area contributed by atoms with Crippen LogP contribution in [0.5, 0.6) is 5.75 Å². The number of hydrogen-bond acceptors (Lipinski definition) is 3. The molecule has 3 nitrogen and oxygen atoms in total. The molecule has 0 heterocycles. The third-order valence-electron chi connectivity index (χ3n) is 1.45. The van der Waals surface area contributed by atoms with Gasteiger partial charge < -0.3 is 4.74 Å². The maximum atomic E-state index is 10.7. The fraction of sp³-hybridized carbons (Fsp3) is 0.400. The van der Waals surface area contributed by atoms with Gasteiger partial charge in [-0.2, -0.15) is 0 Å². The van der Waals surface area contributed by atoms with E-state index in [-0.39, 0.29) is 10.5 Å². The minimum Gasteiger partial charge on any atom is -0.488 e. The van der Waals surface area contributed by atoms with Gasteiger partial charge in [0.25, 0.3) is 0 Å². The van der Waals surface area contributed by atoms with Crippen LogP contribution in [0.25, 0.3) is 0 Å². The molecule has 0 atom stereocenters. The van der Waals surface area contributed by atoms with Gasteiger partial charge in [0.2, 0.25) is 0 Å². The summed E-state index contributed by atoms with van der Waals surface area (Å²) in [6.45, 7) is 5.74. The standard InChI is InChI=1S/C10H14O3S/c1-10(2,3)13-8-5-4-6-9(7-8)14(11)12/h4-7,14H,1-3H3. The second-order valence-electron chi connectivity index (χ2n) is 3.97. The molecule has 14 heavy (non-hydrogen) atoms. The molecule has 0 unspecified atom stereocenters. The van der Waals surface area contributed by atoms with E-state index in [2.05, 4.69) is 0 Å². The largest absolute Gasteiger partial charge is 0.488 e. The summed E-state index contributed by atoms with van der Waals surface area (Å²) in [4.78, 5) is 0.279. The SMILES string of the molecule is CC(C)(C)Oc1cccc([SH](=O)=O)c1. The quantitative estimate of drug-likeness (QED) is 0.764. The molecule has 0 aromatic heterocycles. The Morgan fingerprint density at radius 1 is 1.21 bits per heavy atom. The van der Waals surface area contributed by atoms with Gasteiger partial charge in [0.15, 0.2) is 10.7 Å². The van der Waals surface area contributed by atoms with Crippen LogP contribution in [0.4, 0.5) is 0 Å². The van der Waals surface area contributed by atoms with Gasteiger partial charge in [-0.25, -0.2) is 8.42 Å². The second kappa shape index (κ2) is 4.00. The van der Waals surface area contributed by atoms with E-state index in [4.69, 9.17) is 4.74 Å². The summed E-state index contributed by atoms with van der Waals surface area (Å²) in [5, 5.41) is 0. The first-order valence-electron chi connectivity index (χ1n) is 4.32. The summed E-state index contributed by atoms with van der Waals surface area (Å²) in [6, 6.07) is 6.48. The monoisotopic (exact) mass is 214 g/mol. The van der Waals surface area contributed by atoms with Crippen LogP contribution in [0, 0.1) is 0 Å². The fourth-order valence-corrected chi connectivity index (χ4v) is 1.45. The predicted molar refractivity (Wildman–Crippen MR) is 55.4 cm³/mol. The highest BCUT2D eigenvalue weighted by atomic mass is 32.2. The summed E-state index contributed by atoms with van der Waals surface area (Å²) in [6.07, 6.45) is 0. The number of benzene rings is 1. The van der Waals surface area contributed by atoms with Crippen molar-refractivity contribution >= 4 is 10.7 Å².